The summed E-state index contributed by atoms with van der Waals surface area (Å²) in [7, 11) is 0. The van der Waals surface area contributed by atoms with E-state index in [0.29, 0.717) is 16.8 Å². The lowest BCUT2D eigenvalue weighted by Crippen LogP contribution is -2.14. The molecule has 1 heterocycles. The average molecular weight is 536 g/mol. The topological polar surface area (TPSA) is 71.1 Å². The monoisotopic (exact) mass is 535 g/mol. The highest BCUT2D eigenvalue weighted by molar-refractivity contribution is 9.10. The Labute approximate surface area is 217 Å². The van der Waals surface area contributed by atoms with Crippen LogP contribution in [-0.4, -0.2) is 16.8 Å². The van der Waals surface area contributed by atoms with Crippen molar-refractivity contribution in [2.45, 2.75) is 6.92 Å². The number of carbonyl (C=O) groups is 2. The normalized spacial score (nSPS) is 10.7. The number of benzene rings is 4. The molecule has 5 nitrogen and oxygen atoms in total. The van der Waals surface area contributed by atoms with Gasteiger partial charge in [0.25, 0.3) is 11.8 Å². The number of aryl methyl sites for hydroxylation is 1. The van der Waals surface area contributed by atoms with Gasteiger partial charge in [-0.25, -0.2) is 4.98 Å². The molecule has 5 rings (SSSR count). The number of para-hydroxylation sites is 2. The molecule has 176 valence electrons. The van der Waals surface area contributed by atoms with Crippen molar-refractivity contribution >= 4 is 50.0 Å². The third kappa shape index (κ3) is 5.04. The predicted octanol–water partition coefficient (Wildman–Crippen LogP) is 7.48. The smallest absolute Gasteiger partial charge is 0.256 e. The molecule has 0 aliphatic carbocycles. The van der Waals surface area contributed by atoms with Gasteiger partial charge in [-0.3, -0.25) is 9.59 Å². The highest BCUT2D eigenvalue weighted by Gasteiger charge is 2.16. The Morgan fingerprint density at radius 3 is 2.11 bits per heavy atom. The summed E-state index contributed by atoms with van der Waals surface area (Å²) < 4.78 is 0.974. The van der Waals surface area contributed by atoms with Crippen LogP contribution in [0.3, 0.4) is 0 Å². The largest absolute Gasteiger partial charge is 0.322 e. The second-order valence-corrected chi connectivity index (χ2v) is 9.30. The van der Waals surface area contributed by atoms with Gasteiger partial charge in [0.1, 0.15) is 0 Å². The maximum Gasteiger partial charge on any atom is 0.256 e. The van der Waals surface area contributed by atoms with E-state index in [4.69, 9.17) is 4.98 Å². The summed E-state index contributed by atoms with van der Waals surface area (Å²) in [5.41, 5.74) is 5.78. The zero-order valence-electron chi connectivity index (χ0n) is 19.5. The van der Waals surface area contributed by atoms with Crippen LogP contribution in [0.5, 0.6) is 0 Å². The van der Waals surface area contributed by atoms with Gasteiger partial charge in [-0.15, -0.1) is 0 Å². The summed E-state index contributed by atoms with van der Waals surface area (Å²) in [5.74, 6) is -0.457. The Balaban J connectivity index is 1.42. The molecule has 0 aliphatic heterocycles. The second kappa shape index (κ2) is 10.1. The van der Waals surface area contributed by atoms with Crippen molar-refractivity contribution in [1.82, 2.24) is 4.98 Å². The molecule has 36 heavy (non-hydrogen) atoms. The zero-order chi connectivity index (χ0) is 25.1. The van der Waals surface area contributed by atoms with E-state index in [0.717, 1.165) is 37.9 Å². The first-order valence-electron chi connectivity index (χ1n) is 11.4. The van der Waals surface area contributed by atoms with Crippen LogP contribution in [0.4, 0.5) is 11.4 Å². The summed E-state index contributed by atoms with van der Waals surface area (Å²) in [6.07, 6.45) is 0. The molecule has 2 amide bonds. The molecule has 0 atom stereocenters. The quantitative estimate of drug-likeness (QED) is 0.245. The SMILES string of the molecule is Cc1cccc2c(C(=O)Nc3ccc(C(=O)Nc4ccccc4)cc3)cc(-c3ccc(Br)cc3)nc12. The lowest BCUT2D eigenvalue weighted by molar-refractivity contribution is 0.102. The van der Waals surface area contributed by atoms with Crippen LogP contribution < -0.4 is 10.6 Å². The molecule has 5 aromatic rings. The van der Waals surface area contributed by atoms with E-state index in [9.17, 15) is 9.59 Å². The van der Waals surface area contributed by atoms with Gasteiger partial charge in [0, 0.05) is 32.4 Å². The first-order chi connectivity index (χ1) is 17.5. The number of anilines is 2. The van der Waals surface area contributed by atoms with Crippen LogP contribution in [0.15, 0.2) is 108 Å². The Morgan fingerprint density at radius 1 is 0.722 bits per heavy atom. The standard InChI is InChI=1S/C30H22BrN3O2/c1-19-6-5-9-25-26(18-27(34-28(19)25)20-10-14-22(31)15-11-20)30(36)33-24-16-12-21(13-17-24)29(35)32-23-7-3-2-4-8-23/h2-18H,1H3,(H,32,35)(H,33,36). The fourth-order valence-electron chi connectivity index (χ4n) is 3.98. The van der Waals surface area contributed by atoms with Gasteiger partial charge in [0.15, 0.2) is 0 Å². The summed E-state index contributed by atoms with van der Waals surface area (Å²) in [6, 6.07) is 31.6. The van der Waals surface area contributed by atoms with E-state index in [1.165, 1.54) is 0 Å². The van der Waals surface area contributed by atoms with Gasteiger partial charge in [-0.2, -0.15) is 0 Å². The van der Waals surface area contributed by atoms with E-state index in [1.54, 1.807) is 24.3 Å². The van der Waals surface area contributed by atoms with Gasteiger partial charge in [-0.1, -0.05) is 64.5 Å². The third-order valence-electron chi connectivity index (χ3n) is 5.86. The van der Waals surface area contributed by atoms with Crippen molar-refractivity contribution in [2.75, 3.05) is 10.6 Å². The molecule has 0 fully saturated rings. The van der Waals surface area contributed by atoms with Crippen LogP contribution in [-0.2, 0) is 0 Å². The number of pyridine rings is 1. The third-order valence-corrected chi connectivity index (χ3v) is 6.39. The van der Waals surface area contributed by atoms with Crippen molar-refractivity contribution in [3.8, 4) is 11.3 Å². The van der Waals surface area contributed by atoms with E-state index in [-0.39, 0.29) is 11.8 Å². The molecular formula is C30H22BrN3O2. The fourth-order valence-corrected chi connectivity index (χ4v) is 4.24. The average Bonchev–Trinajstić information content (AvgIpc) is 2.90. The van der Waals surface area contributed by atoms with Gasteiger partial charge in [-0.05, 0) is 67.1 Å². The number of amides is 2. The minimum Gasteiger partial charge on any atom is -0.322 e. The molecule has 4 aromatic carbocycles. The molecular weight excluding hydrogens is 514 g/mol. The molecule has 1 aromatic heterocycles. The lowest BCUT2D eigenvalue weighted by atomic mass is 10.0. The molecule has 0 aliphatic rings. The molecule has 0 radical (unpaired) electrons. The van der Waals surface area contributed by atoms with Gasteiger partial charge < -0.3 is 10.6 Å². The summed E-state index contributed by atoms with van der Waals surface area (Å²) in [4.78, 5) is 30.8. The minimum absolute atomic E-state index is 0.214. The number of aromatic nitrogens is 1. The fraction of sp³-hybridized carbons (Fsp3) is 0.0333. The number of hydrogen-bond donors (Lipinski definition) is 2. The Kier molecular flexibility index (Phi) is 6.60. The molecule has 0 saturated carbocycles. The Morgan fingerprint density at radius 2 is 1.39 bits per heavy atom. The van der Waals surface area contributed by atoms with Crippen LogP contribution in [0.25, 0.3) is 22.2 Å². The molecule has 0 unspecified atom stereocenters. The molecule has 0 spiro atoms. The number of hydrogen-bond acceptors (Lipinski definition) is 3. The van der Waals surface area contributed by atoms with Crippen molar-refractivity contribution in [3.63, 3.8) is 0 Å². The maximum atomic E-state index is 13.4. The van der Waals surface area contributed by atoms with Crippen LogP contribution >= 0.6 is 15.9 Å². The number of nitrogens with zero attached hydrogens (tertiary/aromatic N) is 1. The first-order valence-corrected chi connectivity index (χ1v) is 12.2. The summed E-state index contributed by atoms with van der Waals surface area (Å²) in [6.45, 7) is 1.99. The molecule has 2 N–H and O–H groups in total. The number of fused-ring (bicyclic) bond motifs is 1. The highest BCUT2D eigenvalue weighted by atomic mass is 79.9. The highest BCUT2D eigenvalue weighted by Crippen LogP contribution is 2.28. The van der Waals surface area contributed by atoms with E-state index < -0.39 is 0 Å². The first kappa shape index (κ1) is 23.5. The predicted molar refractivity (Wildman–Crippen MR) is 148 cm³/mol. The number of rotatable bonds is 5. The zero-order valence-corrected chi connectivity index (χ0v) is 21.0. The van der Waals surface area contributed by atoms with Crippen molar-refractivity contribution in [2.24, 2.45) is 0 Å². The van der Waals surface area contributed by atoms with Gasteiger partial charge in [0.2, 0.25) is 0 Å². The summed E-state index contributed by atoms with van der Waals surface area (Å²) in [5, 5.41) is 6.61. The minimum atomic E-state index is -0.243. The van der Waals surface area contributed by atoms with Crippen LogP contribution in [0.2, 0.25) is 0 Å². The van der Waals surface area contributed by atoms with Crippen molar-refractivity contribution in [3.05, 3.63) is 124 Å². The number of carbonyl (C=O) groups excluding carboxylic acids is 2. The number of nitrogens with one attached hydrogen (secondary N) is 2. The molecule has 0 saturated heterocycles. The lowest BCUT2D eigenvalue weighted by Gasteiger charge is -2.12. The second-order valence-electron chi connectivity index (χ2n) is 8.38. The van der Waals surface area contributed by atoms with E-state index >= 15 is 0 Å². The van der Waals surface area contributed by atoms with Crippen LogP contribution in [0.1, 0.15) is 26.3 Å². The summed E-state index contributed by atoms with van der Waals surface area (Å²) >= 11 is 3.46. The van der Waals surface area contributed by atoms with E-state index in [1.807, 2.05) is 85.8 Å². The molecule has 6 heteroatoms. The van der Waals surface area contributed by atoms with Gasteiger partial charge in [0.05, 0.1) is 16.8 Å². The molecule has 0 bridgehead atoms. The Hall–Kier alpha value is -4.29. The Bertz CT molecular complexity index is 1560. The maximum absolute atomic E-state index is 13.4. The number of halogens is 1. The van der Waals surface area contributed by atoms with Crippen molar-refractivity contribution in [1.29, 1.82) is 0 Å². The van der Waals surface area contributed by atoms with Gasteiger partial charge >= 0.3 is 0 Å². The van der Waals surface area contributed by atoms with Crippen molar-refractivity contribution < 1.29 is 9.59 Å². The van der Waals surface area contributed by atoms with Crippen LogP contribution in [0, 0.1) is 6.92 Å². The van der Waals surface area contributed by atoms with E-state index in [2.05, 4.69) is 26.6 Å².